The van der Waals surface area contributed by atoms with Crippen LogP contribution in [0, 0.1) is 0 Å². The third-order valence-corrected chi connectivity index (χ3v) is 10.8. The summed E-state index contributed by atoms with van der Waals surface area (Å²) in [5.41, 5.74) is 1.83. The molecule has 0 amide bonds. The number of thiazole rings is 1. The molecule has 1 aliphatic carbocycles. The molecule has 5 aromatic carbocycles. The average Bonchev–Trinajstić information content (AvgIpc) is 3.56. The van der Waals surface area contributed by atoms with Crippen LogP contribution in [-0.4, -0.2) is 4.98 Å². The Morgan fingerprint density at radius 2 is 1.45 bits per heavy atom. The predicted molar refractivity (Wildman–Crippen MR) is 192 cm³/mol. The Morgan fingerprint density at radius 1 is 0.776 bits per heavy atom. The zero-order valence-corrected chi connectivity index (χ0v) is 27.5. The van der Waals surface area contributed by atoms with Crippen LogP contribution in [0.15, 0.2) is 118 Å². The molecule has 0 aliphatic heterocycles. The number of nitrogens with zero attached hydrogens (tertiary/aromatic N) is 2. The van der Waals surface area contributed by atoms with E-state index >= 15 is 0 Å². The van der Waals surface area contributed by atoms with Crippen molar-refractivity contribution >= 4 is 49.0 Å². The fourth-order valence-electron chi connectivity index (χ4n) is 7.25. The largest absolute Gasteiger partial charge is 0.422 e. The second-order valence-electron chi connectivity index (χ2n) is 12.9. The Morgan fingerprint density at radius 3 is 2.12 bits per heavy atom. The average molecular weight is 675 g/mol. The van der Waals surface area contributed by atoms with Gasteiger partial charge in [0.05, 0.1) is 15.8 Å². The first-order chi connectivity index (χ1) is 23.8. The van der Waals surface area contributed by atoms with E-state index in [1.807, 2.05) is 72.8 Å². The molecule has 49 heavy (non-hydrogen) atoms. The molecule has 0 radical (unpaired) electrons. The molecule has 8 rings (SSSR count). The van der Waals surface area contributed by atoms with Crippen LogP contribution >= 0.6 is 11.3 Å². The monoisotopic (exact) mass is 674 g/mol. The van der Waals surface area contributed by atoms with Crippen molar-refractivity contribution in [1.82, 2.24) is 4.98 Å². The van der Waals surface area contributed by atoms with E-state index in [2.05, 4.69) is 28.1 Å². The second kappa shape index (κ2) is 12.8. The van der Waals surface area contributed by atoms with E-state index < -0.39 is 22.9 Å². The number of rotatable bonds is 7. The Bertz CT molecular complexity index is 2300. The molecule has 0 unspecified atom stereocenters. The highest BCUT2D eigenvalue weighted by molar-refractivity contribution is 7.22. The lowest BCUT2D eigenvalue weighted by Gasteiger charge is -2.26. The highest BCUT2D eigenvalue weighted by Gasteiger charge is 2.39. The van der Waals surface area contributed by atoms with E-state index in [9.17, 15) is 18.0 Å². The van der Waals surface area contributed by atoms with Gasteiger partial charge in [0.2, 0.25) is 0 Å². The van der Waals surface area contributed by atoms with Crippen LogP contribution in [-0.2, 0) is 19.3 Å². The number of hydrogen-bond acceptors (Lipinski definition) is 5. The van der Waals surface area contributed by atoms with Crippen LogP contribution in [0.3, 0.4) is 0 Å². The van der Waals surface area contributed by atoms with E-state index in [4.69, 9.17) is 4.42 Å². The van der Waals surface area contributed by atoms with Crippen LogP contribution < -0.4 is 10.5 Å². The van der Waals surface area contributed by atoms with Crippen molar-refractivity contribution in [2.75, 3.05) is 4.90 Å². The molecule has 8 heteroatoms. The van der Waals surface area contributed by atoms with Gasteiger partial charge in [0.25, 0.3) is 0 Å². The number of aromatic nitrogens is 1. The normalized spacial score (nSPS) is 14.2. The van der Waals surface area contributed by atoms with Gasteiger partial charge in [0.1, 0.15) is 16.2 Å². The lowest BCUT2D eigenvalue weighted by molar-refractivity contribution is -0.136. The highest BCUT2D eigenvalue weighted by Crippen LogP contribution is 2.44. The number of halogens is 3. The maximum atomic E-state index is 15.0. The number of hydrogen-bond donors (Lipinski definition) is 0. The molecular weight excluding hydrogens is 642 g/mol. The highest BCUT2D eigenvalue weighted by atomic mass is 32.1. The molecule has 7 aromatic rings. The molecule has 0 N–H and O–H groups in total. The molecule has 246 valence electrons. The SMILES string of the molecule is O=c1oc2cc(N(Cc3ccccc3)Cc3ccccc3)ccc2c(C(F)(F)F)c1-c1nc2ccc3cc(C4CCCCC4)ccc3c2s1. The van der Waals surface area contributed by atoms with Crippen molar-refractivity contribution in [3.05, 3.63) is 142 Å². The van der Waals surface area contributed by atoms with E-state index in [0.717, 1.165) is 37.9 Å². The van der Waals surface area contributed by atoms with Gasteiger partial charge < -0.3 is 9.32 Å². The number of anilines is 1. The van der Waals surface area contributed by atoms with Crippen LogP contribution in [0.25, 0.3) is 42.5 Å². The number of fused-ring (bicyclic) bond motifs is 4. The van der Waals surface area contributed by atoms with Gasteiger partial charge in [-0.1, -0.05) is 104 Å². The Balaban J connectivity index is 1.22. The predicted octanol–water partition coefficient (Wildman–Crippen LogP) is 11.5. The summed E-state index contributed by atoms with van der Waals surface area (Å²) in [6.45, 7) is 1.02. The van der Waals surface area contributed by atoms with Gasteiger partial charge in [-0.15, -0.1) is 11.3 Å². The molecule has 2 heterocycles. The van der Waals surface area contributed by atoms with Crippen molar-refractivity contribution < 1.29 is 17.6 Å². The van der Waals surface area contributed by atoms with E-state index in [-0.39, 0.29) is 16.0 Å². The summed E-state index contributed by atoms with van der Waals surface area (Å²) in [5, 5.41) is 1.77. The van der Waals surface area contributed by atoms with Gasteiger partial charge >= 0.3 is 11.8 Å². The third-order valence-electron chi connectivity index (χ3n) is 9.66. The first kappa shape index (κ1) is 31.3. The first-order valence-corrected chi connectivity index (χ1v) is 17.5. The van der Waals surface area contributed by atoms with Crippen LogP contribution in [0.5, 0.6) is 0 Å². The van der Waals surface area contributed by atoms with Crippen molar-refractivity contribution in [2.45, 2.75) is 57.3 Å². The minimum absolute atomic E-state index is 0.000639. The first-order valence-electron chi connectivity index (χ1n) is 16.7. The van der Waals surface area contributed by atoms with Gasteiger partial charge in [-0.2, -0.15) is 13.2 Å². The molecule has 1 fully saturated rings. The lowest BCUT2D eigenvalue weighted by atomic mass is 9.83. The molecule has 1 saturated carbocycles. The van der Waals surface area contributed by atoms with Gasteiger partial charge in [0, 0.05) is 35.6 Å². The minimum Gasteiger partial charge on any atom is -0.422 e. The smallest absolute Gasteiger partial charge is 0.418 e. The fraction of sp³-hybridized carbons (Fsp3) is 0.220. The van der Waals surface area contributed by atoms with Crippen molar-refractivity contribution in [1.29, 1.82) is 0 Å². The van der Waals surface area contributed by atoms with Crippen LogP contribution in [0.4, 0.5) is 18.9 Å². The summed E-state index contributed by atoms with van der Waals surface area (Å²) in [4.78, 5) is 20.2. The number of alkyl halides is 3. The van der Waals surface area contributed by atoms with Gasteiger partial charge in [0.15, 0.2) is 0 Å². The zero-order valence-electron chi connectivity index (χ0n) is 26.7. The Labute approximate surface area is 285 Å². The molecular formula is C41H33F3N2O2S. The zero-order chi connectivity index (χ0) is 33.5. The maximum Gasteiger partial charge on any atom is 0.418 e. The molecule has 0 bridgehead atoms. The second-order valence-corrected chi connectivity index (χ2v) is 13.9. The van der Waals surface area contributed by atoms with Gasteiger partial charge in [-0.05, 0) is 59.0 Å². The maximum absolute atomic E-state index is 15.0. The van der Waals surface area contributed by atoms with Crippen molar-refractivity contribution in [3.63, 3.8) is 0 Å². The molecule has 0 spiro atoms. The Kier molecular flexibility index (Phi) is 8.20. The summed E-state index contributed by atoms with van der Waals surface area (Å²) in [7, 11) is 0. The number of benzene rings is 5. The van der Waals surface area contributed by atoms with E-state index in [1.54, 1.807) is 6.07 Å². The Hall–Kier alpha value is -4.95. The quantitative estimate of drug-likeness (QED) is 0.158. The van der Waals surface area contributed by atoms with Gasteiger partial charge in [-0.3, -0.25) is 0 Å². The summed E-state index contributed by atoms with van der Waals surface area (Å²) in [5.74, 6) is 0.534. The fourth-order valence-corrected chi connectivity index (χ4v) is 8.39. The van der Waals surface area contributed by atoms with Gasteiger partial charge in [-0.25, -0.2) is 9.78 Å². The molecule has 4 nitrogen and oxygen atoms in total. The standard InChI is InChI=1S/C41H33F3N2O2S/c42-41(43,44)37-33-20-18-31(46(24-26-10-4-1-5-11-26)25-27-12-6-2-7-13-27)23-35(33)48-40(47)36(37)39-45-34-21-17-30-22-29(28-14-8-3-9-15-28)16-19-32(30)38(34)49-39/h1-2,4-7,10-13,16-23,28H,3,8-9,14-15,24-25H2. The summed E-state index contributed by atoms with van der Waals surface area (Å²) in [6.07, 6.45) is 1.27. The topological polar surface area (TPSA) is 46.3 Å². The van der Waals surface area contributed by atoms with Crippen LogP contribution in [0.2, 0.25) is 0 Å². The summed E-state index contributed by atoms with van der Waals surface area (Å²) >= 11 is 1.11. The summed E-state index contributed by atoms with van der Waals surface area (Å²) in [6, 6.07) is 34.5. The van der Waals surface area contributed by atoms with Crippen molar-refractivity contribution in [2.24, 2.45) is 0 Å². The van der Waals surface area contributed by atoms with E-state index in [0.29, 0.717) is 30.2 Å². The molecule has 2 aromatic heterocycles. The van der Waals surface area contributed by atoms with Crippen molar-refractivity contribution in [3.8, 4) is 10.6 Å². The minimum atomic E-state index is -4.83. The summed E-state index contributed by atoms with van der Waals surface area (Å²) < 4.78 is 51.5. The molecule has 1 aliphatic rings. The lowest BCUT2D eigenvalue weighted by Crippen LogP contribution is -2.22. The third kappa shape index (κ3) is 6.21. The van der Waals surface area contributed by atoms with E-state index in [1.165, 1.54) is 49.8 Å². The molecule has 0 atom stereocenters. The molecule has 0 saturated heterocycles. The van der Waals surface area contributed by atoms with Crippen LogP contribution in [0.1, 0.15) is 60.3 Å².